The highest BCUT2D eigenvalue weighted by Gasteiger charge is 2.40. The fraction of sp³-hybridized carbons (Fsp3) is 0.536. The van der Waals surface area contributed by atoms with Gasteiger partial charge in [-0.15, -0.1) is 0 Å². The molecular formula is C28H34FN5O2. The average molecular weight is 492 g/mol. The summed E-state index contributed by atoms with van der Waals surface area (Å²) in [7, 11) is 0. The lowest BCUT2D eigenvalue weighted by atomic mass is 9.91. The molecule has 2 amide bonds. The van der Waals surface area contributed by atoms with Gasteiger partial charge in [0.15, 0.2) is 5.82 Å². The summed E-state index contributed by atoms with van der Waals surface area (Å²) < 4.78 is 15.8. The normalized spacial score (nSPS) is 26.3. The van der Waals surface area contributed by atoms with Crippen LogP contribution in [0.3, 0.4) is 0 Å². The highest BCUT2D eigenvalue weighted by atomic mass is 19.1. The first-order valence-electron chi connectivity index (χ1n) is 13.3. The van der Waals surface area contributed by atoms with Gasteiger partial charge in [-0.2, -0.15) is 0 Å². The SMILES string of the molecule is CC(=O)N1CC2CCCN(Cc3ccnc(-c4ccc5c(c4)CN(C4CCCNC4)C5=O)c3F)C2C1. The Morgan fingerprint density at radius 3 is 2.89 bits per heavy atom. The molecule has 36 heavy (non-hydrogen) atoms. The van der Waals surface area contributed by atoms with Crippen molar-refractivity contribution in [3.63, 3.8) is 0 Å². The Balaban J connectivity index is 1.22. The van der Waals surface area contributed by atoms with Gasteiger partial charge >= 0.3 is 0 Å². The van der Waals surface area contributed by atoms with Crippen molar-refractivity contribution in [1.82, 2.24) is 25.0 Å². The number of rotatable bonds is 4. The van der Waals surface area contributed by atoms with Crippen molar-refractivity contribution < 1.29 is 14.0 Å². The fourth-order valence-corrected chi connectivity index (χ4v) is 6.64. The molecule has 5 heterocycles. The van der Waals surface area contributed by atoms with E-state index in [-0.39, 0.29) is 29.7 Å². The summed E-state index contributed by atoms with van der Waals surface area (Å²) in [5.74, 6) is 0.362. The summed E-state index contributed by atoms with van der Waals surface area (Å²) in [4.78, 5) is 35.6. The maximum atomic E-state index is 15.8. The van der Waals surface area contributed by atoms with Crippen molar-refractivity contribution in [1.29, 1.82) is 0 Å². The number of halogens is 1. The molecule has 7 nitrogen and oxygen atoms in total. The molecule has 1 aromatic heterocycles. The standard InChI is InChI=1S/C28H34FN5O2/c1-18(35)33-14-20-4-3-11-32(25(20)17-33)15-21-8-10-31-27(26(21)29)19-6-7-24-22(12-19)16-34(28(24)36)23-5-2-9-30-13-23/h6-8,10,12,20,23,25,30H,2-5,9,11,13-17H2,1H3. The number of carbonyl (C=O) groups is 2. The first kappa shape index (κ1) is 23.6. The molecule has 4 aliphatic heterocycles. The van der Waals surface area contributed by atoms with Gasteiger partial charge in [-0.05, 0) is 68.5 Å². The van der Waals surface area contributed by atoms with Crippen molar-refractivity contribution >= 4 is 11.8 Å². The van der Waals surface area contributed by atoms with E-state index in [1.165, 1.54) is 0 Å². The van der Waals surface area contributed by atoms with Crippen LogP contribution in [-0.2, 0) is 17.9 Å². The van der Waals surface area contributed by atoms with E-state index in [1.807, 2.05) is 28.0 Å². The average Bonchev–Trinajstić information content (AvgIpc) is 3.48. The van der Waals surface area contributed by atoms with Gasteiger partial charge in [-0.1, -0.05) is 6.07 Å². The number of likely N-dealkylation sites (tertiary alicyclic amines) is 2. The van der Waals surface area contributed by atoms with Crippen LogP contribution in [0.5, 0.6) is 0 Å². The summed E-state index contributed by atoms with van der Waals surface area (Å²) >= 11 is 0. The van der Waals surface area contributed by atoms with Gasteiger partial charge in [0.05, 0.1) is 0 Å². The van der Waals surface area contributed by atoms with Crippen LogP contribution < -0.4 is 5.32 Å². The van der Waals surface area contributed by atoms with Crippen LogP contribution >= 0.6 is 0 Å². The Hall–Kier alpha value is -2.84. The maximum absolute atomic E-state index is 15.8. The highest BCUT2D eigenvalue weighted by molar-refractivity contribution is 5.99. The number of hydrogen-bond donors (Lipinski definition) is 1. The predicted molar refractivity (Wildman–Crippen MR) is 135 cm³/mol. The molecule has 0 radical (unpaired) electrons. The lowest BCUT2D eigenvalue weighted by Gasteiger charge is -2.36. The second kappa shape index (κ2) is 9.56. The molecule has 3 saturated heterocycles. The summed E-state index contributed by atoms with van der Waals surface area (Å²) in [6, 6.07) is 7.87. The molecule has 1 aromatic carbocycles. The van der Waals surface area contributed by atoms with Gasteiger partial charge in [-0.3, -0.25) is 19.5 Å². The molecule has 3 unspecified atom stereocenters. The van der Waals surface area contributed by atoms with Crippen LogP contribution in [0.4, 0.5) is 4.39 Å². The zero-order valence-corrected chi connectivity index (χ0v) is 20.9. The first-order chi connectivity index (χ1) is 17.5. The van der Waals surface area contributed by atoms with Gasteiger partial charge in [0, 0.05) is 74.6 Å². The molecule has 0 saturated carbocycles. The first-order valence-corrected chi connectivity index (χ1v) is 13.3. The van der Waals surface area contributed by atoms with E-state index in [2.05, 4.69) is 15.2 Å². The minimum Gasteiger partial charge on any atom is -0.341 e. The van der Waals surface area contributed by atoms with E-state index in [9.17, 15) is 9.59 Å². The minimum atomic E-state index is -0.293. The largest absolute Gasteiger partial charge is 0.341 e. The van der Waals surface area contributed by atoms with Gasteiger partial charge in [0.25, 0.3) is 5.91 Å². The third-order valence-corrected chi connectivity index (χ3v) is 8.61. The van der Waals surface area contributed by atoms with Crippen molar-refractivity contribution in [2.45, 2.75) is 57.8 Å². The lowest BCUT2D eigenvalue weighted by Crippen LogP contribution is -2.46. The zero-order chi connectivity index (χ0) is 24.8. The molecule has 8 heteroatoms. The number of nitrogens with one attached hydrogen (secondary N) is 1. The van der Waals surface area contributed by atoms with Crippen LogP contribution in [-0.4, -0.2) is 76.3 Å². The number of aromatic nitrogens is 1. The summed E-state index contributed by atoms with van der Waals surface area (Å²) in [6.07, 6.45) is 5.96. The topological polar surface area (TPSA) is 68.8 Å². The van der Waals surface area contributed by atoms with Gasteiger partial charge in [0.2, 0.25) is 5.91 Å². The second-order valence-electron chi connectivity index (χ2n) is 10.8. The quantitative estimate of drug-likeness (QED) is 0.712. The number of pyridine rings is 1. The monoisotopic (exact) mass is 491 g/mol. The molecule has 0 aliphatic carbocycles. The Bertz CT molecular complexity index is 1180. The van der Waals surface area contributed by atoms with Crippen molar-refractivity contribution in [3.8, 4) is 11.3 Å². The second-order valence-corrected chi connectivity index (χ2v) is 10.8. The molecule has 0 bridgehead atoms. The Morgan fingerprint density at radius 1 is 1.19 bits per heavy atom. The Morgan fingerprint density at radius 2 is 2.08 bits per heavy atom. The smallest absolute Gasteiger partial charge is 0.254 e. The zero-order valence-electron chi connectivity index (χ0n) is 20.9. The molecule has 2 aromatic rings. The highest BCUT2D eigenvalue weighted by Crippen LogP contribution is 2.34. The van der Waals surface area contributed by atoms with Crippen molar-refractivity contribution in [3.05, 3.63) is 53.0 Å². The predicted octanol–water partition coefficient (Wildman–Crippen LogP) is 3.04. The Kier molecular flexibility index (Phi) is 6.25. The van der Waals surface area contributed by atoms with E-state index in [4.69, 9.17) is 0 Å². The third-order valence-electron chi connectivity index (χ3n) is 8.61. The number of amides is 2. The summed E-state index contributed by atoms with van der Waals surface area (Å²) in [6.45, 7) is 6.99. The number of piperidine rings is 2. The summed E-state index contributed by atoms with van der Waals surface area (Å²) in [5, 5.41) is 3.39. The van der Waals surface area contributed by atoms with E-state index < -0.39 is 0 Å². The lowest BCUT2D eigenvalue weighted by molar-refractivity contribution is -0.128. The molecular weight excluding hydrogens is 457 g/mol. The van der Waals surface area contributed by atoms with Crippen LogP contribution in [0.2, 0.25) is 0 Å². The number of fused-ring (bicyclic) bond motifs is 2. The summed E-state index contributed by atoms with van der Waals surface area (Å²) in [5.41, 5.74) is 3.35. The molecule has 0 spiro atoms. The van der Waals surface area contributed by atoms with Gasteiger partial charge in [-0.25, -0.2) is 4.39 Å². The molecule has 6 rings (SSSR count). The fourth-order valence-electron chi connectivity index (χ4n) is 6.64. The van der Waals surface area contributed by atoms with E-state index in [0.717, 1.165) is 69.5 Å². The Labute approximate surface area is 211 Å². The molecule has 4 aliphatic rings. The van der Waals surface area contributed by atoms with Crippen LogP contribution in [0.25, 0.3) is 11.3 Å². The third kappa shape index (κ3) is 4.20. The van der Waals surface area contributed by atoms with Crippen molar-refractivity contribution in [2.75, 3.05) is 32.7 Å². The van der Waals surface area contributed by atoms with Crippen LogP contribution in [0, 0.1) is 11.7 Å². The molecule has 3 atom stereocenters. The van der Waals surface area contributed by atoms with E-state index >= 15 is 4.39 Å². The van der Waals surface area contributed by atoms with Gasteiger partial charge in [0.1, 0.15) is 5.69 Å². The minimum absolute atomic E-state index is 0.0725. The van der Waals surface area contributed by atoms with E-state index in [0.29, 0.717) is 35.8 Å². The number of hydrogen-bond acceptors (Lipinski definition) is 5. The van der Waals surface area contributed by atoms with Crippen LogP contribution in [0.15, 0.2) is 30.5 Å². The molecule has 190 valence electrons. The van der Waals surface area contributed by atoms with Crippen LogP contribution in [0.1, 0.15) is 54.1 Å². The number of carbonyl (C=O) groups excluding carboxylic acids is 2. The van der Waals surface area contributed by atoms with E-state index in [1.54, 1.807) is 19.2 Å². The van der Waals surface area contributed by atoms with Crippen molar-refractivity contribution in [2.24, 2.45) is 5.92 Å². The molecule has 3 fully saturated rings. The number of benzene rings is 1. The molecule has 1 N–H and O–H groups in total. The van der Waals surface area contributed by atoms with Gasteiger partial charge < -0.3 is 15.1 Å². The maximum Gasteiger partial charge on any atom is 0.254 e. The number of nitrogens with zero attached hydrogens (tertiary/aromatic N) is 4.